The van der Waals surface area contributed by atoms with Gasteiger partial charge in [0.1, 0.15) is 6.54 Å². The summed E-state index contributed by atoms with van der Waals surface area (Å²) in [6, 6.07) is 2.56. The third-order valence-corrected chi connectivity index (χ3v) is 3.24. The van der Waals surface area contributed by atoms with Gasteiger partial charge >= 0.3 is 11.2 Å². The maximum absolute atomic E-state index is 11.9. The maximum Gasteiger partial charge on any atom is 0.334 e. The molecule has 1 amide bonds. The molecule has 0 atom stereocenters. The molecule has 2 aromatic heterocycles. The molecule has 2 aromatic rings. The van der Waals surface area contributed by atoms with Crippen LogP contribution in [0.4, 0.5) is 10.8 Å². The van der Waals surface area contributed by atoms with Gasteiger partial charge in [0, 0.05) is 23.3 Å². The first-order valence-corrected chi connectivity index (χ1v) is 6.41. The van der Waals surface area contributed by atoms with E-state index in [1.807, 2.05) is 0 Å². The van der Waals surface area contributed by atoms with Crippen molar-refractivity contribution >= 4 is 28.1 Å². The third kappa shape index (κ3) is 2.88. The van der Waals surface area contributed by atoms with Gasteiger partial charge in [0.2, 0.25) is 5.91 Å². The number of anilines is 1. The van der Waals surface area contributed by atoms with Gasteiger partial charge in [0.15, 0.2) is 5.13 Å². The highest BCUT2D eigenvalue weighted by Crippen LogP contribution is 2.11. The molecule has 0 aliphatic carbocycles. The van der Waals surface area contributed by atoms with E-state index in [4.69, 9.17) is 0 Å². The number of nitrogens with one attached hydrogen (secondary N) is 1. The number of rotatable bonds is 4. The second kappa shape index (κ2) is 5.61. The van der Waals surface area contributed by atoms with Gasteiger partial charge in [-0.05, 0) is 13.0 Å². The normalized spacial score (nSPS) is 10.2. The molecule has 0 aliphatic rings. The summed E-state index contributed by atoms with van der Waals surface area (Å²) in [7, 11) is 0. The van der Waals surface area contributed by atoms with Crippen LogP contribution in [-0.2, 0) is 11.3 Å². The molecule has 2 rings (SSSR count). The zero-order valence-electron chi connectivity index (χ0n) is 10.4. The average molecular weight is 294 g/mol. The van der Waals surface area contributed by atoms with Crippen LogP contribution in [0.1, 0.15) is 5.69 Å². The van der Waals surface area contributed by atoms with E-state index in [-0.39, 0.29) is 6.54 Å². The number of hydrogen-bond acceptors (Lipinski definition) is 6. The summed E-state index contributed by atoms with van der Waals surface area (Å²) in [5.41, 5.74) is -0.892. The summed E-state index contributed by atoms with van der Waals surface area (Å²) < 4.78 is 1.06. The lowest BCUT2D eigenvalue weighted by molar-refractivity contribution is -0.386. The molecule has 0 fully saturated rings. The van der Waals surface area contributed by atoms with Crippen LogP contribution in [0.15, 0.2) is 28.5 Å². The van der Waals surface area contributed by atoms with Gasteiger partial charge in [-0.1, -0.05) is 0 Å². The van der Waals surface area contributed by atoms with E-state index in [0.29, 0.717) is 10.8 Å². The van der Waals surface area contributed by atoms with Crippen LogP contribution in [-0.4, -0.2) is 20.4 Å². The van der Waals surface area contributed by atoms with Crippen LogP contribution in [0.3, 0.4) is 0 Å². The van der Waals surface area contributed by atoms with Crippen molar-refractivity contribution in [3.63, 3.8) is 0 Å². The van der Waals surface area contributed by atoms with Gasteiger partial charge in [0.05, 0.1) is 4.92 Å². The standard InChI is InChI=1S/C11H10N4O4S/c1-7-2-3-8(15(18)19)10(17)14(7)6-9(16)13-11-12-4-5-20-11/h2-5H,6H2,1H3,(H,12,13,16). The number of hydrogen-bond donors (Lipinski definition) is 1. The Balaban J connectivity index is 2.25. The minimum absolute atomic E-state index is 0.300. The van der Waals surface area contributed by atoms with Crippen molar-refractivity contribution in [2.24, 2.45) is 0 Å². The fraction of sp³-hybridized carbons (Fsp3) is 0.182. The highest BCUT2D eigenvalue weighted by atomic mass is 32.1. The van der Waals surface area contributed by atoms with E-state index in [0.717, 1.165) is 10.6 Å². The fourth-order valence-electron chi connectivity index (χ4n) is 1.58. The van der Waals surface area contributed by atoms with E-state index < -0.39 is 22.1 Å². The fourth-order valence-corrected chi connectivity index (χ4v) is 2.13. The van der Waals surface area contributed by atoms with Crippen LogP contribution in [0.2, 0.25) is 0 Å². The van der Waals surface area contributed by atoms with Gasteiger partial charge in [-0.2, -0.15) is 0 Å². The van der Waals surface area contributed by atoms with E-state index >= 15 is 0 Å². The van der Waals surface area contributed by atoms with Crippen molar-refractivity contribution < 1.29 is 9.72 Å². The number of carbonyl (C=O) groups excluding carboxylic acids is 1. The quantitative estimate of drug-likeness (QED) is 0.672. The molecule has 20 heavy (non-hydrogen) atoms. The number of nitrogens with zero attached hydrogens (tertiary/aromatic N) is 3. The van der Waals surface area contributed by atoms with E-state index in [1.54, 1.807) is 12.3 Å². The van der Waals surface area contributed by atoms with Crippen LogP contribution >= 0.6 is 11.3 Å². The highest BCUT2D eigenvalue weighted by Gasteiger charge is 2.17. The minimum Gasteiger partial charge on any atom is -0.300 e. The Morgan fingerprint density at radius 2 is 2.30 bits per heavy atom. The molecule has 9 heteroatoms. The highest BCUT2D eigenvalue weighted by molar-refractivity contribution is 7.13. The minimum atomic E-state index is -0.802. The number of aryl methyl sites for hydroxylation is 1. The second-order valence-electron chi connectivity index (χ2n) is 3.89. The molecule has 104 valence electrons. The number of nitro groups is 1. The van der Waals surface area contributed by atoms with Crippen molar-refractivity contribution in [1.29, 1.82) is 0 Å². The Bertz CT molecular complexity index is 708. The molecule has 2 heterocycles. The molecule has 1 N–H and O–H groups in total. The molecule has 0 aromatic carbocycles. The zero-order valence-corrected chi connectivity index (χ0v) is 11.2. The Labute approximate surface area is 116 Å². The summed E-state index contributed by atoms with van der Waals surface area (Å²) in [6.45, 7) is 1.30. The predicted molar refractivity (Wildman–Crippen MR) is 72.8 cm³/mol. The predicted octanol–water partition coefficient (Wildman–Crippen LogP) is 1.16. The summed E-state index contributed by atoms with van der Waals surface area (Å²) >= 11 is 1.24. The lowest BCUT2D eigenvalue weighted by atomic mass is 10.3. The second-order valence-corrected chi connectivity index (χ2v) is 4.79. The Morgan fingerprint density at radius 3 is 2.90 bits per heavy atom. The molecule has 0 radical (unpaired) electrons. The van der Waals surface area contributed by atoms with Gasteiger partial charge in [-0.25, -0.2) is 4.98 Å². The summed E-state index contributed by atoms with van der Waals surface area (Å²) in [6.07, 6.45) is 1.53. The lowest BCUT2D eigenvalue weighted by Gasteiger charge is -2.08. The smallest absolute Gasteiger partial charge is 0.300 e. The SMILES string of the molecule is Cc1ccc([N+](=O)[O-])c(=O)n1CC(=O)Nc1nccs1. The van der Waals surface area contributed by atoms with E-state index in [2.05, 4.69) is 10.3 Å². The lowest BCUT2D eigenvalue weighted by Crippen LogP contribution is -2.30. The summed E-state index contributed by atoms with van der Waals surface area (Å²) in [5, 5.41) is 15.3. The molecule has 0 spiro atoms. The van der Waals surface area contributed by atoms with Crippen molar-refractivity contribution in [2.75, 3.05) is 5.32 Å². The topological polar surface area (TPSA) is 107 Å². The first-order chi connectivity index (χ1) is 9.49. The number of aromatic nitrogens is 2. The Hall–Kier alpha value is -2.55. The van der Waals surface area contributed by atoms with Gasteiger partial charge in [-0.3, -0.25) is 24.3 Å². The number of carbonyl (C=O) groups is 1. The molecule has 0 saturated carbocycles. The van der Waals surface area contributed by atoms with Gasteiger partial charge < -0.3 is 5.32 Å². The van der Waals surface area contributed by atoms with Crippen LogP contribution in [0.5, 0.6) is 0 Å². The molecule has 0 aliphatic heterocycles. The largest absolute Gasteiger partial charge is 0.334 e. The van der Waals surface area contributed by atoms with Crippen molar-refractivity contribution in [3.8, 4) is 0 Å². The van der Waals surface area contributed by atoms with Crippen LogP contribution < -0.4 is 10.9 Å². The first kappa shape index (κ1) is 13.9. The van der Waals surface area contributed by atoms with Crippen molar-refractivity contribution in [1.82, 2.24) is 9.55 Å². The third-order valence-electron chi connectivity index (χ3n) is 2.55. The van der Waals surface area contributed by atoms with Crippen LogP contribution in [0.25, 0.3) is 0 Å². The number of amides is 1. The number of pyridine rings is 1. The molecule has 0 bridgehead atoms. The Morgan fingerprint density at radius 1 is 1.55 bits per heavy atom. The molecule has 8 nitrogen and oxygen atoms in total. The molecular formula is C11H10N4O4S. The molecule has 0 saturated heterocycles. The first-order valence-electron chi connectivity index (χ1n) is 5.53. The van der Waals surface area contributed by atoms with E-state index in [9.17, 15) is 19.7 Å². The van der Waals surface area contributed by atoms with Gasteiger partial charge in [-0.15, -0.1) is 11.3 Å². The molecular weight excluding hydrogens is 284 g/mol. The zero-order chi connectivity index (χ0) is 14.7. The number of thiazole rings is 1. The van der Waals surface area contributed by atoms with Crippen LogP contribution in [0, 0.1) is 17.0 Å². The van der Waals surface area contributed by atoms with Gasteiger partial charge in [0.25, 0.3) is 0 Å². The molecule has 0 unspecified atom stereocenters. The summed E-state index contributed by atoms with van der Waals surface area (Å²) in [4.78, 5) is 37.5. The van der Waals surface area contributed by atoms with Crippen molar-refractivity contribution in [2.45, 2.75) is 13.5 Å². The monoisotopic (exact) mass is 294 g/mol. The summed E-state index contributed by atoms with van der Waals surface area (Å²) in [5.74, 6) is -0.467. The van der Waals surface area contributed by atoms with E-state index in [1.165, 1.54) is 23.6 Å². The Kier molecular flexibility index (Phi) is 3.89. The average Bonchev–Trinajstić information content (AvgIpc) is 2.86. The van der Waals surface area contributed by atoms with Crippen molar-refractivity contribution in [3.05, 3.63) is 49.9 Å². The maximum atomic E-state index is 11.9.